The van der Waals surface area contributed by atoms with Crippen LogP contribution >= 0.6 is 0 Å². The van der Waals surface area contributed by atoms with E-state index in [2.05, 4.69) is 31.2 Å². The van der Waals surface area contributed by atoms with Gasteiger partial charge in [-0.3, -0.25) is 0 Å². The van der Waals surface area contributed by atoms with Gasteiger partial charge in [-0.15, -0.1) is 0 Å². The minimum Gasteiger partial charge on any atom is -0.497 e. The summed E-state index contributed by atoms with van der Waals surface area (Å²) in [6, 6.07) is 29.2. The summed E-state index contributed by atoms with van der Waals surface area (Å²) in [5, 5.41) is 0. The molecule has 0 atom stereocenters. The van der Waals surface area contributed by atoms with Crippen LogP contribution in [0, 0.1) is 6.92 Å². The molecule has 0 saturated heterocycles. The lowest BCUT2D eigenvalue weighted by atomic mass is 10.0. The van der Waals surface area contributed by atoms with Gasteiger partial charge in [0, 0.05) is 0 Å². The average Bonchev–Trinajstić information content (AvgIpc) is 2.82. The molecule has 0 aliphatic rings. The van der Waals surface area contributed by atoms with Gasteiger partial charge in [0.1, 0.15) is 17.2 Å². The van der Waals surface area contributed by atoms with Gasteiger partial charge in [0.25, 0.3) is 0 Å². The molecule has 32 heavy (non-hydrogen) atoms. The predicted molar refractivity (Wildman–Crippen MR) is 125 cm³/mol. The summed E-state index contributed by atoms with van der Waals surface area (Å²) in [5.74, 6) is 1.88. The Hall–Kier alpha value is -3.57. The molecule has 0 N–H and O–H groups in total. The Kier molecular flexibility index (Phi) is 6.28. The van der Waals surface area contributed by atoms with Crippen molar-refractivity contribution in [3.05, 3.63) is 114 Å². The fraction of sp³-hybridized carbons (Fsp3) is 0.111. The molecule has 0 aliphatic heterocycles. The minimum atomic E-state index is -3.60. The molecule has 5 heteroatoms. The van der Waals surface area contributed by atoms with Crippen molar-refractivity contribution >= 4 is 9.84 Å². The van der Waals surface area contributed by atoms with Crippen LogP contribution in [0.3, 0.4) is 0 Å². The van der Waals surface area contributed by atoms with Crippen LogP contribution in [0.4, 0.5) is 0 Å². The number of rotatable bonds is 7. The largest absolute Gasteiger partial charge is 0.497 e. The van der Waals surface area contributed by atoms with Crippen LogP contribution < -0.4 is 9.47 Å². The molecular formula is C27H24O4S. The zero-order valence-corrected chi connectivity index (χ0v) is 18.8. The number of hydrogen-bond donors (Lipinski definition) is 0. The van der Waals surface area contributed by atoms with Crippen LogP contribution in [0.15, 0.2) is 107 Å². The first kappa shape index (κ1) is 21.7. The fourth-order valence-corrected chi connectivity index (χ4v) is 4.59. The van der Waals surface area contributed by atoms with Gasteiger partial charge < -0.3 is 9.47 Å². The average molecular weight is 445 g/mol. The van der Waals surface area contributed by atoms with E-state index in [-0.39, 0.29) is 9.79 Å². The third-order valence-electron chi connectivity index (χ3n) is 5.19. The molecule has 0 aliphatic carbocycles. The van der Waals surface area contributed by atoms with E-state index < -0.39 is 9.84 Å². The topological polar surface area (TPSA) is 52.6 Å². The van der Waals surface area contributed by atoms with E-state index in [1.54, 1.807) is 43.5 Å². The predicted octanol–water partition coefficient (Wildman–Crippen LogP) is 6.22. The van der Waals surface area contributed by atoms with Gasteiger partial charge in [0.05, 0.1) is 16.9 Å². The zero-order chi connectivity index (χ0) is 22.6. The number of sulfone groups is 1. The first-order valence-electron chi connectivity index (χ1n) is 10.3. The summed E-state index contributed by atoms with van der Waals surface area (Å²) in [6.07, 6.45) is 0.860. The van der Waals surface area contributed by atoms with Crippen LogP contribution in [0.25, 0.3) is 0 Å². The summed E-state index contributed by atoms with van der Waals surface area (Å²) < 4.78 is 36.6. The van der Waals surface area contributed by atoms with Gasteiger partial charge >= 0.3 is 0 Å². The van der Waals surface area contributed by atoms with Crippen molar-refractivity contribution in [3.8, 4) is 17.2 Å². The third-order valence-corrected chi connectivity index (χ3v) is 6.98. The maximum atomic E-state index is 12.8. The number of benzene rings is 4. The second-order valence-electron chi connectivity index (χ2n) is 7.56. The minimum absolute atomic E-state index is 0.212. The SMILES string of the molecule is COc1ccc(S(=O)(=O)c2ccc(Oc3ccc(Cc4ccc(C)cc4)cc3)cc2)cc1. The second kappa shape index (κ2) is 9.28. The Labute approximate surface area is 189 Å². The Morgan fingerprint density at radius 2 is 1.00 bits per heavy atom. The molecule has 0 unspecified atom stereocenters. The van der Waals surface area contributed by atoms with Crippen LogP contribution in [0.1, 0.15) is 16.7 Å². The first-order chi connectivity index (χ1) is 15.4. The molecule has 4 nitrogen and oxygen atoms in total. The molecule has 4 aromatic rings. The van der Waals surface area contributed by atoms with E-state index in [0.29, 0.717) is 17.2 Å². The smallest absolute Gasteiger partial charge is 0.206 e. The number of methoxy groups -OCH3 is 1. The van der Waals surface area contributed by atoms with E-state index in [4.69, 9.17) is 9.47 Å². The lowest BCUT2D eigenvalue weighted by molar-refractivity contribution is 0.414. The molecule has 4 aromatic carbocycles. The molecule has 0 bridgehead atoms. The highest BCUT2D eigenvalue weighted by Gasteiger charge is 2.17. The molecule has 0 heterocycles. The summed E-state index contributed by atoms with van der Waals surface area (Å²) >= 11 is 0. The van der Waals surface area contributed by atoms with Gasteiger partial charge in [-0.25, -0.2) is 8.42 Å². The molecule has 0 aromatic heterocycles. The van der Waals surface area contributed by atoms with Crippen LogP contribution in [0.2, 0.25) is 0 Å². The highest BCUT2D eigenvalue weighted by atomic mass is 32.2. The monoisotopic (exact) mass is 444 g/mol. The zero-order valence-electron chi connectivity index (χ0n) is 18.0. The van der Waals surface area contributed by atoms with Gasteiger partial charge in [0.2, 0.25) is 9.84 Å². The van der Waals surface area contributed by atoms with E-state index in [0.717, 1.165) is 6.42 Å². The quantitative estimate of drug-likeness (QED) is 0.340. The maximum Gasteiger partial charge on any atom is 0.206 e. The van der Waals surface area contributed by atoms with Crippen LogP contribution in [-0.4, -0.2) is 15.5 Å². The van der Waals surface area contributed by atoms with Gasteiger partial charge in [-0.1, -0.05) is 42.0 Å². The molecule has 0 fully saturated rings. The summed E-state index contributed by atoms with van der Waals surface area (Å²) in [4.78, 5) is 0.430. The third kappa shape index (κ3) is 5.01. The number of hydrogen-bond acceptors (Lipinski definition) is 4. The van der Waals surface area contributed by atoms with E-state index in [9.17, 15) is 8.42 Å². The molecule has 0 amide bonds. The van der Waals surface area contributed by atoms with E-state index in [1.807, 2.05) is 24.3 Å². The highest BCUT2D eigenvalue weighted by molar-refractivity contribution is 7.91. The number of ether oxygens (including phenoxy) is 2. The van der Waals surface area contributed by atoms with Crippen LogP contribution in [-0.2, 0) is 16.3 Å². The molecule has 0 spiro atoms. The van der Waals surface area contributed by atoms with E-state index >= 15 is 0 Å². The maximum absolute atomic E-state index is 12.8. The lowest BCUT2D eigenvalue weighted by Gasteiger charge is -2.09. The summed E-state index contributed by atoms with van der Waals surface area (Å²) in [7, 11) is -2.06. The Morgan fingerprint density at radius 1 is 0.594 bits per heavy atom. The van der Waals surface area contributed by atoms with Crippen molar-refractivity contribution < 1.29 is 17.9 Å². The molecule has 0 saturated carbocycles. The van der Waals surface area contributed by atoms with Crippen molar-refractivity contribution in [2.45, 2.75) is 23.1 Å². The van der Waals surface area contributed by atoms with Crippen molar-refractivity contribution in [1.29, 1.82) is 0 Å². The Balaban J connectivity index is 1.43. The standard InChI is InChI=1S/C27H24O4S/c1-20-3-5-21(6-4-20)19-22-7-9-24(10-8-22)31-25-13-17-27(18-14-25)32(28,29)26-15-11-23(30-2)12-16-26/h3-18H,19H2,1-2H3. The van der Waals surface area contributed by atoms with Crippen molar-refractivity contribution in [1.82, 2.24) is 0 Å². The van der Waals surface area contributed by atoms with Crippen molar-refractivity contribution in [2.75, 3.05) is 7.11 Å². The van der Waals surface area contributed by atoms with Crippen molar-refractivity contribution in [3.63, 3.8) is 0 Å². The Morgan fingerprint density at radius 3 is 1.47 bits per heavy atom. The highest BCUT2D eigenvalue weighted by Crippen LogP contribution is 2.27. The van der Waals surface area contributed by atoms with Crippen molar-refractivity contribution in [2.24, 2.45) is 0 Å². The van der Waals surface area contributed by atoms with E-state index in [1.165, 1.54) is 28.8 Å². The Bertz CT molecular complexity index is 1270. The molecule has 0 radical (unpaired) electrons. The molecule has 162 valence electrons. The lowest BCUT2D eigenvalue weighted by Crippen LogP contribution is -2.01. The first-order valence-corrected chi connectivity index (χ1v) is 11.7. The number of aryl methyl sites for hydroxylation is 1. The fourth-order valence-electron chi connectivity index (χ4n) is 3.33. The molecule has 4 rings (SSSR count). The van der Waals surface area contributed by atoms with Crippen LogP contribution in [0.5, 0.6) is 17.2 Å². The molecular weight excluding hydrogens is 420 g/mol. The summed E-state index contributed by atoms with van der Waals surface area (Å²) in [5.41, 5.74) is 3.71. The van der Waals surface area contributed by atoms with Gasteiger partial charge in [-0.2, -0.15) is 0 Å². The normalized spacial score (nSPS) is 11.2. The van der Waals surface area contributed by atoms with Gasteiger partial charge in [-0.05, 0) is 85.1 Å². The van der Waals surface area contributed by atoms with Gasteiger partial charge in [0.15, 0.2) is 0 Å². The summed E-state index contributed by atoms with van der Waals surface area (Å²) in [6.45, 7) is 2.08. The second-order valence-corrected chi connectivity index (χ2v) is 9.51.